The fourth-order valence-electron chi connectivity index (χ4n) is 3.95. The number of hydrogen-bond acceptors (Lipinski definition) is 7. The number of benzene rings is 2. The van der Waals surface area contributed by atoms with Crippen molar-refractivity contribution in [2.24, 2.45) is 0 Å². The Hall–Kier alpha value is -2.65. The molecule has 0 radical (unpaired) electrons. The summed E-state index contributed by atoms with van der Waals surface area (Å²) >= 11 is 1.81. The number of likely N-dealkylation sites (N-methyl/N-ethyl adjacent to an activating group) is 1. The number of hydrogen-bond donors (Lipinski definition) is 0. The zero-order chi connectivity index (χ0) is 20.7. The van der Waals surface area contributed by atoms with E-state index >= 15 is 0 Å². The largest absolute Gasteiger partial charge is 0.364 e. The molecule has 2 aliphatic heterocycles. The molecule has 0 unspecified atom stereocenters. The average Bonchev–Trinajstić information content (AvgIpc) is 2.71. The highest BCUT2D eigenvalue weighted by molar-refractivity contribution is 7.99. The summed E-state index contributed by atoms with van der Waals surface area (Å²) in [6.07, 6.45) is 0. The summed E-state index contributed by atoms with van der Waals surface area (Å²) in [5.74, 6) is 0.959. The molecule has 2 aromatic carbocycles. The van der Waals surface area contributed by atoms with Crippen LogP contribution in [0.15, 0.2) is 24.3 Å². The van der Waals surface area contributed by atoms with Gasteiger partial charge in [0.2, 0.25) is 0 Å². The minimum atomic E-state index is -0.468. The first-order valence-electron chi connectivity index (χ1n) is 9.48. The molecule has 1 fully saturated rings. The number of carbonyl (C=O) groups is 2. The number of carbonyl (C=O) groups excluding carboxylic acids is 2. The number of nitro groups is 1. The van der Waals surface area contributed by atoms with E-state index in [1.165, 1.54) is 11.0 Å². The van der Waals surface area contributed by atoms with Gasteiger partial charge >= 0.3 is 0 Å². The second-order valence-corrected chi connectivity index (χ2v) is 8.67. The molecule has 2 heterocycles. The zero-order valence-corrected chi connectivity index (χ0v) is 17.2. The molecule has 0 atom stereocenters. The van der Waals surface area contributed by atoms with Crippen LogP contribution < -0.4 is 4.90 Å². The third-order valence-electron chi connectivity index (χ3n) is 5.36. The van der Waals surface area contributed by atoms with Crippen LogP contribution in [0.1, 0.15) is 20.7 Å². The van der Waals surface area contributed by atoms with Crippen LogP contribution in [0.2, 0.25) is 0 Å². The molecular weight excluding hydrogens is 392 g/mol. The molecule has 2 aliphatic rings. The van der Waals surface area contributed by atoms with Gasteiger partial charge in [0.25, 0.3) is 17.5 Å². The van der Waals surface area contributed by atoms with Crippen molar-refractivity contribution in [2.75, 3.05) is 56.7 Å². The van der Waals surface area contributed by atoms with Crippen molar-refractivity contribution in [3.8, 4) is 0 Å². The Morgan fingerprint density at radius 2 is 1.83 bits per heavy atom. The van der Waals surface area contributed by atoms with Gasteiger partial charge in [-0.25, -0.2) is 0 Å². The van der Waals surface area contributed by atoms with Crippen LogP contribution in [0, 0.1) is 10.1 Å². The van der Waals surface area contributed by atoms with E-state index in [1.807, 2.05) is 35.7 Å². The molecule has 2 aromatic rings. The van der Waals surface area contributed by atoms with Crippen LogP contribution >= 0.6 is 11.8 Å². The summed E-state index contributed by atoms with van der Waals surface area (Å²) in [5.41, 5.74) is 1.10. The molecule has 1 saturated heterocycles. The van der Waals surface area contributed by atoms with Gasteiger partial charge in [0, 0.05) is 60.1 Å². The number of nitro benzene ring substituents is 1. The summed E-state index contributed by atoms with van der Waals surface area (Å²) in [6, 6.07) is 6.58. The molecule has 0 N–H and O–H groups in total. The molecule has 152 valence electrons. The van der Waals surface area contributed by atoms with E-state index in [0.717, 1.165) is 11.5 Å². The van der Waals surface area contributed by atoms with Crippen LogP contribution in [0.5, 0.6) is 0 Å². The summed E-state index contributed by atoms with van der Waals surface area (Å²) in [5, 5.41) is 13.1. The maximum Gasteiger partial charge on any atom is 0.293 e. The van der Waals surface area contributed by atoms with Crippen molar-refractivity contribution in [3.05, 3.63) is 45.5 Å². The molecule has 29 heavy (non-hydrogen) atoms. The van der Waals surface area contributed by atoms with Gasteiger partial charge in [0.05, 0.1) is 10.5 Å². The molecule has 4 rings (SSSR count). The molecule has 8 nitrogen and oxygen atoms in total. The third kappa shape index (κ3) is 3.34. The second-order valence-electron chi connectivity index (χ2n) is 7.44. The quantitative estimate of drug-likeness (QED) is 0.422. The van der Waals surface area contributed by atoms with Crippen LogP contribution in [0.3, 0.4) is 0 Å². The molecule has 0 bridgehead atoms. The highest BCUT2D eigenvalue weighted by Crippen LogP contribution is 2.42. The normalized spacial score (nSPS) is 16.8. The van der Waals surface area contributed by atoms with E-state index in [4.69, 9.17) is 0 Å². The van der Waals surface area contributed by atoms with E-state index in [2.05, 4.69) is 0 Å². The fraction of sp³-hybridized carbons (Fsp3) is 0.400. The number of rotatable bonds is 5. The first-order valence-corrected chi connectivity index (χ1v) is 10.6. The Morgan fingerprint density at radius 1 is 1.14 bits per heavy atom. The van der Waals surface area contributed by atoms with Gasteiger partial charge in [-0.05, 0) is 20.2 Å². The maximum absolute atomic E-state index is 13.1. The maximum atomic E-state index is 13.1. The third-order valence-corrected chi connectivity index (χ3v) is 6.30. The molecule has 0 spiro atoms. The smallest absolute Gasteiger partial charge is 0.293 e. The van der Waals surface area contributed by atoms with E-state index in [0.29, 0.717) is 41.7 Å². The van der Waals surface area contributed by atoms with Crippen molar-refractivity contribution >= 4 is 45.7 Å². The van der Waals surface area contributed by atoms with E-state index in [9.17, 15) is 19.7 Å². The Labute approximate surface area is 172 Å². The van der Waals surface area contributed by atoms with Crippen molar-refractivity contribution in [1.29, 1.82) is 0 Å². The summed E-state index contributed by atoms with van der Waals surface area (Å²) in [6.45, 7) is 2.15. The Bertz CT molecular complexity index is 1020. The van der Waals surface area contributed by atoms with Crippen molar-refractivity contribution in [1.82, 2.24) is 9.80 Å². The minimum absolute atomic E-state index is 0.0770. The Kier molecular flexibility index (Phi) is 5.18. The van der Waals surface area contributed by atoms with Gasteiger partial charge in [-0.2, -0.15) is 11.8 Å². The second kappa shape index (κ2) is 7.64. The predicted molar refractivity (Wildman–Crippen MR) is 114 cm³/mol. The van der Waals surface area contributed by atoms with Crippen LogP contribution in [-0.4, -0.2) is 78.3 Å². The standard InChI is InChI=1S/C20H22N4O4S/c1-21(2)6-7-23-19(25)14-5-3-4-13-17(14)15(20(23)26)12-16(24(27)28)18(13)22-8-10-29-11-9-22/h3-5,12H,6-11H2,1-2H3. The first kappa shape index (κ1) is 19.7. The number of nitrogens with zero attached hydrogens (tertiary/aromatic N) is 4. The summed E-state index contributed by atoms with van der Waals surface area (Å²) < 4.78 is 0. The lowest BCUT2D eigenvalue weighted by Gasteiger charge is -2.32. The van der Waals surface area contributed by atoms with Crippen molar-refractivity contribution < 1.29 is 14.5 Å². The number of imide groups is 1. The number of amides is 2. The molecular formula is C20H22N4O4S. The highest BCUT2D eigenvalue weighted by atomic mass is 32.2. The first-order chi connectivity index (χ1) is 13.9. The van der Waals surface area contributed by atoms with Gasteiger partial charge in [-0.15, -0.1) is 0 Å². The van der Waals surface area contributed by atoms with Gasteiger partial charge < -0.3 is 9.80 Å². The van der Waals surface area contributed by atoms with Crippen molar-refractivity contribution in [2.45, 2.75) is 0 Å². The lowest BCUT2D eigenvalue weighted by atomic mass is 9.91. The number of thioether (sulfide) groups is 1. The Balaban J connectivity index is 1.93. The molecule has 2 amide bonds. The predicted octanol–water partition coefficient (Wildman–Crippen LogP) is 2.46. The van der Waals surface area contributed by atoms with Crippen molar-refractivity contribution in [3.63, 3.8) is 0 Å². The lowest BCUT2D eigenvalue weighted by molar-refractivity contribution is -0.384. The van der Waals surface area contributed by atoms with E-state index in [1.54, 1.807) is 18.2 Å². The van der Waals surface area contributed by atoms with Crippen LogP contribution in [0.4, 0.5) is 11.4 Å². The topological polar surface area (TPSA) is 87.0 Å². The van der Waals surface area contributed by atoms with Gasteiger partial charge in [0.15, 0.2) is 0 Å². The van der Waals surface area contributed by atoms with Gasteiger partial charge in [-0.1, -0.05) is 12.1 Å². The van der Waals surface area contributed by atoms with E-state index < -0.39 is 10.8 Å². The lowest BCUT2D eigenvalue weighted by Crippen LogP contribution is -2.43. The highest BCUT2D eigenvalue weighted by Gasteiger charge is 2.37. The monoisotopic (exact) mass is 414 g/mol. The zero-order valence-electron chi connectivity index (χ0n) is 16.4. The molecule has 9 heteroatoms. The average molecular weight is 414 g/mol. The summed E-state index contributed by atoms with van der Waals surface area (Å²) in [7, 11) is 3.73. The molecule has 0 aromatic heterocycles. The van der Waals surface area contributed by atoms with Crippen LogP contribution in [-0.2, 0) is 0 Å². The molecule has 0 saturated carbocycles. The van der Waals surface area contributed by atoms with Gasteiger partial charge in [-0.3, -0.25) is 24.6 Å². The SMILES string of the molecule is CN(C)CCN1C(=O)c2cccc3c(N4CCSCC4)c([N+](=O)[O-])cc(c23)C1=O. The van der Waals surface area contributed by atoms with Gasteiger partial charge in [0.1, 0.15) is 5.69 Å². The molecule has 0 aliphatic carbocycles. The Morgan fingerprint density at radius 3 is 2.48 bits per heavy atom. The summed E-state index contributed by atoms with van der Waals surface area (Å²) in [4.78, 5) is 42.8. The number of anilines is 1. The fourth-order valence-corrected chi connectivity index (χ4v) is 4.85. The van der Waals surface area contributed by atoms with Crippen LogP contribution in [0.25, 0.3) is 10.8 Å². The van der Waals surface area contributed by atoms with E-state index in [-0.39, 0.29) is 23.7 Å². The minimum Gasteiger partial charge on any atom is -0.364 e.